The van der Waals surface area contributed by atoms with Crippen molar-refractivity contribution in [2.24, 2.45) is 17.3 Å². The summed E-state index contributed by atoms with van der Waals surface area (Å²) in [5.74, 6) is 2.06. The van der Waals surface area contributed by atoms with Crippen LogP contribution in [0.2, 0.25) is 0 Å². The van der Waals surface area contributed by atoms with Gasteiger partial charge in [0, 0.05) is 5.56 Å². The first-order valence-electron chi connectivity index (χ1n) is 13.5. The molecule has 0 aromatic heterocycles. The minimum atomic E-state index is -0.633. The molecule has 2 aliphatic rings. The van der Waals surface area contributed by atoms with E-state index in [2.05, 4.69) is 45.2 Å². The Morgan fingerprint density at radius 1 is 1.03 bits per heavy atom. The Bertz CT molecular complexity index is 1110. The fourth-order valence-corrected chi connectivity index (χ4v) is 6.54. The Morgan fingerprint density at radius 2 is 1.78 bits per heavy atom. The third-order valence-electron chi connectivity index (χ3n) is 9.06. The molecular formula is C33H44O3. The van der Waals surface area contributed by atoms with E-state index in [1.54, 1.807) is 6.07 Å². The van der Waals surface area contributed by atoms with E-state index in [0.717, 1.165) is 61.0 Å². The number of rotatable bonds is 8. The highest BCUT2D eigenvalue weighted by Gasteiger charge is 2.50. The van der Waals surface area contributed by atoms with Crippen molar-refractivity contribution in [1.82, 2.24) is 0 Å². The van der Waals surface area contributed by atoms with E-state index in [0.29, 0.717) is 29.4 Å². The van der Waals surface area contributed by atoms with Gasteiger partial charge in [-0.05, 0) is 130 Å². The first-order chi connectivity index (χ1) is 17.0. The van der Waals surface area contributed by atoms with Crippen LogP contribution >= 0.6 is 0 Å². The molecule has 36 heavy (non-hydrogen) atoms. The van der Waals surface area contributed by atoms with Gasteiger partial charge in [0.05, 0.1) is 5.60 Å². The molecule has 2 aliphatic carbocycles. The Balaban J connectivity index is 1.65. The maximum absolute atomic E-state index is 10.7. The number of phenolic OH excluding ortho intramolecular Hbond substituents is 1. The van der Waals surface area contributed by atoms with Gasteiger partial charge < -0.3 is 14.9 Å². The van der Waals surface area contributed by atoms with Gasteiger partial charge in [-0.2, -0.15) is 0 Å². The van der Waals surface area contributed by atoms with Gasteiger partial charge in [0.25, 0.3) is 0 Å². The van der Waals surface area contributed by atoms with Crippen molar-refractivity contribution in [2.45, 2.75) is 90.3 Å². The van der Waals surface area contributed by atoms with E-state index in [1.165, 1.54) is 12.0 Å². The first-order valence-corrected chi connectivity index (χ1v) is 13.5. The molecule has 2 aromatic carbocycles. The van der Waals surface area contributed by atoms with Crippen LogP contribution in [0.15, 0.2) is 61.7 Å². The molecule has 0 radical (unpaired) electrons. The molecule has 2 N–H and O–H groups in total. The number of allylic oxidation sites excluding steroid dienone is 2. The summed E-state index contributed by atoms with van der Waals surface area (Å²) < 4.78 is 6.94. The molecule has 4 rings (SSSR count). The van der Waals surface area contributed by atoms with Crippen LogP contribution < -0.4 is 4.74 Å². The summed E-state index contributed by atoms with van der Waals surface area (Å²) in [6.45, 7) is 16.4. The molecular weight excluding hydrogens is 444 g/mol. The molecule has 4 atom stereocenters. The van der Waals surface area contributed by atoms with Crippen LogP contribution in [0, 0.1) is 17.3 Å². The van der Waals surface area contributed by atoms with E-state index in [4.69, 9.17) is 4.74 Å². The molecule has 2 saturated carbocycles. The maximum Gasteiger partial charge on any atom is 0.127 e. The summed E-state index contributed by atoms with van der Waals surface area (Å²) in [6.07, 6.45) is 11.7. The minimum absolute atomic E-state index is 0.263. The summed E-state index contributed by atoms with van der Waals surface area (Å²) in [7, 11) is 0. The summed E-state index contributed by atoms with van der Waals surface area (Å²) in [4.78, 5) is 0. The van der Waals surface area contributed by atoms with Gasteiger partial charge in [0.1, 0.15) is 17.1 Å². The topological polar surface area (TPSA) is 49.7 Å². The molecule has 194 valence electrons. The smallest absolute Gasteiger partial charge is 0.127 e. The third kappa shape index (κ3) is 5.57. The molecule has 0 heterocycles. The molecule has 2 fully saturated rings. The molecule has 0 aliphatic heterocycles. The number of aromatic hydroxyl groups is 1. The number of ether oxygens (including phenoxy) is 1. The number of benzene rings is 2. The van der Waals surface area contributed by atoms with Crippen LogP contribution in [-0.4, -0.2) is 21.4 Å². The molecule has 0 unspecified atom stereocenters. The summed E-state index contributed by atoms with van der Waals surface area (Å²) in [5, 5.41) is 21.1. The summed E-state index contributed by atoms with van der Waals surface area (Å²) >= 11 is 0. The normalized spacial score (nSPS) is 28.2. The van der Waals surface area contributed by atoms with Gasteiger partial charge in [0.15, 0.2) is 0 Å². The first kappa shape index (κ1) is 26.5. The van der Waals surface area contributed by atoms with Gasteiger partial charge >= 0.3 is 0 Å². The van der Waals surface area contributed by atoms with E-state index < -0.39 is 5.60 Å². The number of phenols is 1. The summed E-state index contributed by atoms with van der Waals surface area (Å²) in [5.41, 5.74) is 3.57. The van der Waals surface area contributed by atoms with Gasteiger partial charge in [-0.25, -0.2) is 0 Å². The fourth-order valence-electron chi connectivity index (χ4n) is 6.54. The monoisotopic (exact) mass is 488 g/mol. The molecule has 2 aromatic rings. The molecule has 0 saturated heterocycles. The number of aliphatic hydroxyl groups is 1. The lowest BCUT2D eigenvalue weighted by Crippen LogP contribution is -2.50. The predicted molar refractivity (Wildman–Crippen MR) is 149 cm³/mol. The van der Waals surface area contributed by atoms with Crippen molar-refractivity contribution >= 4 is 0 Å². The average molecular weight is 489 g/mol. The van der Waals surface area contributed by atoms with Gasteiger partial charge in [-0.1, -0.05) is 31.2 Å². The third-order valence-corrected chi connectivity index (χ3v) is 9.06. The average Bonchev–Trinajstić information content (AvgIpc) is 2.81. The second-order valence-corrected chi connectivity index (χ2v) is 12.4. The quantitative estimate of drug-likeness (QED) is 0.370. The fraction of sp³-hybridized carbons (Fsp3) is 0.515. The predicted octanol–water partition coefficient (Wildman–Crippen LogP) is 8.03. The van der Waals surface area contributed by atoms with Crippen molar-refractivity contribution < 1.29 is 14.9 Å². The van der Waals surface area contributed by atoms with Crippen molar-refractivity contribution in [1.29, 1.82) is 0 Å². The lowest BCUT2D eigenvalue weighted by atomic mass is 9.54. The molecule has 3 nitrogen and oxygen atoms in total. The zero-order valence-electron chi connectivity index (χ0n) is 22.6. The molecule has 0 spiro atoms. The lowest BCUT2D eigenvalue weighted by Gasteiger charge is -2.54. The lowest BCUT2D eigenvalue weighted by molar-refractivity contribution is -0.0939. The second kappa shape index (κ2) is 10.1. The van der Waals surface area contributed by atoms with Crippen molar-refractivity contribution in [2.75, 3.05) is 0 Å². The molecule has 0 bridgehead atoms. The SMILES string of the molecule is C=CCc1ccc(O[C@]2(C)CC[C@]3(C)CC[C@@H](C(C)(C)O)C[C@H]3C2)c(-c2ccc(O)c(CC=C)c2)c1. The summed E-state index contributed by atoms with van der Waals surface area (Å²) in [6, 6.07) is 12.2. The number of hydrogen-bond acceptors (Lipinski definition) is 3. The van der Waals surface area contributed by atoms with Crippen molar-refractivity contribution in [3.8, 4) is 22.6 Å². The highest BCUT2D eigenvalue weighted by molar-refractivity contribution is 5.73. The standard InChI is InChI=1S/C33H44O3/c1-7-9-23-11-14-30(28(19-23)24-12-13-29(34)25(20-24)10-8-2)36-33(6)18-17-32(5)16-15-26(31(3,4)35)21-27(32)22-33/h7-8,11-14,19-20,26-27,34-35H,1-2,9-10,15-18,21-22H2,3-6H3/t26-,27+,32+,33-/m1/s1. The Hall–Kier alpha value is -2.52. The molecule has 0 amide bonds. The van der Waals surface area contributed by atoms with Crippen LogP contribution in [-0.2, 0) is 12.8 Å². The number of hydrogen-bond donors (Lipinski definition) is 2. The van der Waals surface area contributed by atoms with Crippen molar-refractivity contribution in [3.63, 3.8) is 0 Å². The maximum atomic E-state index is 10.7. The second-order valence-electron chi connectivity index (χ2n) is 12.4. The van der Waals surface area contributed by atoms with Gasteiger partial charge in [-0.15, -0.1) is 13.2 Å². The number of fused-ring (bicyclic) bond motifs is 1. The Labute approximate surface area is 217 Å². The van der Waals surface area contributed by atoms with Gasteiger partial charge in [0.2, 0.25) is 0 Å². The highest BCUT2D eigenvalue weighted by Crippen LogP contribution is 2.56. The van der Waals surface area contributed by atoms with Crippen LogP contribution in [0.25, 0.3) is 11.1 Å². The highest BCUT2D eigenvalue weighted by atomic mass is 16.5. The van der Waals surface area contributed by atoms with Crippen LogP contribution in [0.3, 0.4) is 0 Å². The van der Waals surface area contributed by atoms with Gasteiger partial charge in [-0.3, -0.25) is 0 Å². The van der Waals surface area contributed by atoms with E-state index in [9.17, 15) is 10.2 Å². The van der Waals surface area contributed by atoms with Crippen LogP contribution in [0.1, 0.15) is 77.3 Å². The Kier molecular flexibility index (Phi) is 7.44. The Morgan fingerprint density at radius 3 is 2.47 bits per heavy atom. The van der Waals surface area contributed by atoms with E-state index in [-0.39, 0.29) is 5.60 Å². The van der Waals surface area contributed by atoms with Crippen LogP contribution in [0.5, 0.6) is 11.5 Å². The largest absolute Gasteiger partial charge is 0.508 e. The van der Waals surface area contributed by atoms with E-state index >= 15 is 0 Å². The molecule has 3 heteroatoms. The zero-order valence-corrected chi connectivity index (χ0v) is 22.6. The zero-order chi connectivity index (χ0) is 26.1. The van der Waals surface area contributed by atoms with Crippen LogP contribution in [0.4, 0.5) is 0 Å². The minimum Gasteiger partial charge on any atom is -0.508 e. The van der Waals surface area contributed by atoms with E-state index in [1.807, 2.05) is 38.1 Å². The van der Waals surface area contributed by atoms with Crippen molar-refractivity contribution in [3.05, 3.63) is 72.8 Å².